The first-order chi connectivity index (χ1) is 7.36. The maximum Gasteiger partial charge on any atom is 0.142 e. The van der Waals surface area contributed by atoms with E-state index in [0.29, 0.717) is 18.0 Å². The smallest absolute Gasteiger partial charge is 0.142 e. The third-order valence-electron chi connectivity index (χ3n) is 2.06. The van der Waals surface area contributed by atoms with Crippen LogP contribution in [0.2, 0.25) is 0 Å². The molecule has 2 N–H and O–H groups in total. The van der Waals surface area contributed by atoms with Gasteiger partial charge in [-0.05, 0) is 29.8 Å². The van der Waals surface area contributed by atoms with Crippen molar-refractivity contribution in [3.63, 3.8) is 0 Å². The molecule has 1 aromatic carbocycles. The van der Waals surface area contributed by atoms with Gasteiger partial charge in [-0.3, -0.25) is 4.98 Å². The molecule has 0 radical (unpaired) electrons. The van der Waals surface area contributed by atoms with E-state index in [1.165, 1.54) is 0 Å². The van der Waals surface area contributed by atoms with Gasteiger partial charge >= 0.3 is 0 Å². The summed E-state index contributed by atoms with van der Waals surface area (Å²) in [6, 6.07) is 11.3. The van der Waals surface area contributed by atoms with E-state index in [9.17, 15) is 0 Å². The van der Waals surface area contributed by atoms with E-state index in [4.69, 9.17) is 10.5 Å². The molecule has 0 saturated carbocycles. The highest BCUT2D eigenvalue weighted by molar-refractivity contribution is 5.51. The van der Waals surface area contributed by atoms with Gasteiger partial charge in [0.15, 0.2) is 0 Å². The Morgan fingerprint density at radius 3 is 2.53 bits per heavy atom. The number of benzene rings is 1. The summed E-state index contributed by atoms with van der Waals surface area (Å²) >= 11 is 0. The molecular formula is C12H12N2O. The molecule has 3 heteroatoms. The molecule has 0 bridgehead atoms. The Morgan fingerprint density at radius 2 is 1.80 bits per heavy atom. The molecule has 76 valence electrons. The summed E-state index contributed by atoms with van der Waals surface area (Å²) in [5.41, 5.74) is 7.48. The lowest BCUT2D eigenvalue weighted by atomic mass is 10.3. The van der Waals surface area contributed by atoms with Gasteiger partial charge in [-0.25, -0.2) is 0 Å². The summed E-state index contributed by atoms with van der Waals surface area (Å²) in [5.74, 6) is 0.717. The number of pyridine rings is 1. The van der Waals surface area contributed by atoms with Gasteiger partial charge in [-0.15, -0.1) is 0 Å². The van der Waals surface area contributed by atoms with Crippen LogP contribution in [-0.2, 0) is 6.61 Å². The summed E-state index contributed by atoms with van der Waals surface area (Å²) in [5, 5.41) is 0. The van der Waals surface area contributed by atoms with Gasteiger partial charge < -0.3 is 10.5 Å². The van der Waals surface area contributed by atoms with Crippen molar-refractivity contribution in [1.82, 2.24) is 4.98 Å². The fraction of sp³-hybridized carbons (Fsp3) is 0.0833. The molecule has 0 aliphatic rings. The Bertz CT molecular complexity index is 429. The van der Waals surface area contributed by atoms with Crippen LogP contribution in [0, 0.1) is 0 Å². The summed E-state index contributed by atoms with van der Waals surface area (Å²) < 4.78 is 5.57. The quantitative estimate of drug-likeness (QED) is 0.773. The van der Waals surface area contributed by atoms with Crippen LogP contribution in [0.5, 0.6) is 5.75 Å². The van der Waals surface area contributed by atoms with Crippen molar-refractivity contribution in [3.05, 3.63) is 54.4 Å². The number of hydrogen-bond acceptors (Lipinski definition) is 3. The van der Waals surface area contributed by atoms with E-state index < -0.39 is 0 Å². The Morgan fingerprint density at radius 1 is 1.07 bits per heavy atom. The first-order valence-electron chi connectivity index (χ1n) is 4.72. The number of nitrogens with two attached hydrogens (primary N) is 1. The fourth-order valence-electron chi connectivity index (χ4n) is 1.25. The molecule has 0 atom stereocenters. The summed E-state index contributed by atoms with van der Waals surface area (Å²) in [4.78, 5) is 3.94. The molecule has 0 unspecified atom stereocenters. The SMILES string of the molecule is Nc1ccccc1OCc1ccncc1. The minimum absolute atomic E-state index is 0.511. The molecule has 1 heterocycles. The molecule has 0 saturated heterocycles. The third-order valence-corrected chi connectivity index (χ3v) is 2.06. The van der Waals surface area contributed by atoms with Crippen LogP contribution in [0.3, 0.4) is 0 Å². The molecule has 2 aromatic rings. The number of nitrogens with zero attached hydrogens (tertiary/aromatic N) is 1. The summed E-state index contributed by atoms with van der Waals surface area (Å²) in [7, 11) is 0. The molecule has 1 aromatic heterocycles. The first kappa shape index (κ1) is 9.52. The van der Waals surface area contributed by atoms with E-state index in [-0.39, 0.29) is 0 Å². The van der Waals surface area contributed by atoms with Crippen LogP contribution in [0.25, 0.3) is 0 Å². The Hall–Kier alpha value is -2.03. The highest BCUT2D eigenvalue weighted by Crippen LogP contribution is 2.20. The molecule has 0 amide bonds. The van der Waals surface area contributed by atoms with E-state index in [1.807, 2.05) is 36.4 Å². The van der Waals surface area contributed by atoms with Gasteiger partial charge in [-0.2, -0.15) is 0 Å². The van der Waals surface area contributed by atoms with Gasteiger partial charge in [-0.1, -0.05) is 12.1 Å². The van der Waals surface area contributed by atoms with Crippen molar-refractivity contribution in [2.75, 3.05) is 5.73 Å². The number of anilines is 1. The molecule has 2 rings (SSSR count). The maximum atomic E-state index is 5.75. The molecule has 0 spiro atoms. The minimum atomic E-state index is 0.511. The van der Waals surface area contributed by atoms with Crippen molar-refractivity contribution in [1.29, 1.82) is 0 Å². The van der Waals surface area contributed by atoms with E-state index in [2.05, 4.69) is 4.98 Å². The second-order valence-electron chi connectivity index (χ2n) is 3.18. The van der Waals surface area contributed by atoms with Crippen LogP contribution in [0.1, 0.15) is 5.56 Å². The first-order valence-corrected chi connectivity index (χ1v) is 4.72. The Labute approximate surface area is 88.5 Å². The van der Waals surface area contributed by atoms with Crippen LogP contribution < -0.4 is 10.5 Å². The number of para-hydroxylation sites is 2. The normalized spacial score (nSPS) is 9.87. The van der Waals surface area contributed by atoms with Crippen molar-refractivity contribution in [2.45, 2.75) is 6.61 Å². The number of rotatable bonds is 3. The Balaban J connectivity index is 2.03. The van der Waals surface area contributed by atoms with Gasteiger partial charge in [0.05, 0.1) is 5.69 Å². The van der Waals surface area contributed by atoms with Crippen LogP contribution in [0.4, 0.5) is 5.69 Å². The molecule has 3 nitrogen and oxygen atoms in total. The van der Waals surface area contributed by atoms with Crippen molar-refractivity contribution >= 4 is 5.69 Å². The van der Waals surface area contributed by atoms with Gasteiger partial charge in [0.25, 0.3) is 0 Å². The number of aromatic nitrogens is 1. The molecule has 0 aliphatic heterocycles. The Kier molecular flexibility index (Phi) is 2.83. The molecule has 0 fully saturated rings. The topological polar surface area (TPSA) is 48.1 Å². The van der Waals surface area contributed by atoms with Crippen LogP contribution in [0.15, 0.2) is 48.8 Å². The van der Waals surface area contributed by atoms with Crippen LogP contribution in [-0.4, -0.2) is 4.98 Å². The molecule has 15 heavy (non-hydrogen) atoms. The van der Waals surface area contributed by atoms with E-state index in [1.54, 1.807) is 12.4 Å². The van der Waals surface area contributed by atoms with Crippen molar-refractivity contribution in [3.8, 4) is 5.75 Å². The molecule has 0 aliphatic carbocycles. The largest absolute Gasteiger partial charge is 0.487 e. The second-order valence-corrected chi connectivity index (χ2v) is 3.18. The highest BCUT2D eigenvalue weighted by Gasteiger charge is 1.98. The lowest BCUT2D eigenvalue weighted by molar-refractivity contribution is 0.308. The highest BCUT2D eigenvalue weighted by atomic mass is 16.5. The lowest BCUT2D eigenvalue weighted by Crippen LogP contribution is -1.98. The lowest BCUT2D eigenvalue weighted by Gasteiger charge is -2.07. The number of nitrogen functional groups attached to an aromatic ring is 1. The maximum absolute atomic E-state index is 5.75. The number of hydrogen-bond donors (Lipinski definition) is 1. The van der Waals surface area contributed by atoms with Gasteiger partial charge in [0.1, 0.15) is 12.4 Å². The van der Waals surface area contributed by atoms with E-state index >= 15 is 0 Å². The standard InChI is InChI=1S/C12H12N2O/c13-11-3-1-2-4-12(11)15-9-10-5-7-14-8-6-10/h1-8H,9,13H2. The second kappa shape index (κ2) is 4.46. The molecular weight excluding hydrogens is 188 g/mol. The summed E-state index contributed by atoms with van der Waals surface area (Å²) in [6.45, 7) is 0.511. The fourth-order valence-corrected chi connectivity index (χ4v) is 1.25. The number of ether oxygens (including phenoxy) is 1. The predicted octanol–water partition coefficient (Wildman–Crippen LogP) is 2.24. The van der Waals surface area contributed by atoms with Crippen molar-refractivity contribution < 1.29 is 4.74 Å². The predicted molar refractivity (Wildman–Crippen MR) is 59.4 cm³/mol. The van der Waals surface area contributed by atoms with Crippen LogP contribution >= 0.6 is 0 Å². The third kappa shape index (κ3) is 2.47. The average Bonchev–Trinajstić information content (AvgIpc) is 2.29. The summed E-state index contributed by atoms with van der Waals surface area (Å²) in [6.07, 6.45) is 3.49. The zero-order chi connectivity index (χ0) is 10.5. The zero-order valence-corrected chi connectivity index (χ0v) is 8.26. The average molecular weight is 200 g/mol. The van der Waals surface area contributed by atoms with Gasteiger partial charge in [0.2, 0.25) is 0 Å². The monoisotopic (exact) mass is 200 g/mol. The van der Waals surface area contributed by atoms with E-state index in [0.717, 1.165) is 5.56 Å². The van der Waals surface area contributed by atoms with Crippen molar-refractivity contribution in [2.24, 2.45) is 0 Å². The minimum Gasteiger partial charge on any atom is -0.487 e. The zero-order valence-electron chi connectivity index (χ0n) is 8.26. The van der Waals surface area contributed by atoms with Gasteiger partial charge in [0, 0.05) is 12.4 Å².